The molecule has 1 heterocycles. The van der Waals surface area contributed by atoms with Gasteiger partial charge < -0.3 is 10.6 Å². The van der Waals surface area contributed by atoms with E-state index in [9.17, 15) is 4.79 Å². The molecule has 2 amide bonds. The van der Waals surface area contributed by atoms with E-state index < -0.39 is 0 Å². The van der Waals surface area contributed by atoms with E-state index in [0.717, 1.165) is 25.9 Å². The molecular formula is C15H31N3O. The Morgan fingerprint density at radius 2 is 1.84 bits per heavy atom. The van der Waals surface area contributed by atoms with Crippen LogP contribution in [0.25, 0.3) is 0 Å². The number of carbonyl (C=O) groups excluding carboxylic acids is 1. The van der Waals surface area contributed by atoms with Crippen LogP contribution >= 0.6 is 0 Å². The van der Waals surface area contributed by atoms with Crippen molar-refractivity contribution in [3.63, 3.8) is 0 Å². The molecule has 0 aromatic rings. The van der Waals surface area contributed by atoms with Gasteiger partial charge in [0.25, 0.3) is 0 Å². The summed E-state index contributed by atoms with van der Waals surface area (Å²) < 4.78 is 0. The van der Waals surface area contributed by atoms with Gasteiger partial charge in [-0.25, -0.2) is 4.79 Å². The Bertz CT molecular complexity index is 250. The van der Waals surface area contributed by atoms with E-state index in [-0.39, 0.29) is 6.03 Å². The predicted molar refractivity (Wildman–Crippen MR) is 80.4 cm³/mol. The molecule has 0 saturated carbocycles. The normalized spacial score (nSPS) is 18.3. The smallest absolute Gasteiger partial charge is 0.314 e. The summed E-state index contributed by atoms with van der Waals surface area (Å²) in [7, 11) is 0. The van der Waals surface area contributed by atoms with Gasteiger partial charge in [0, 0.05) is 19.1 Å². The largest absolute Gasteiger partial charge is 0.338 e. The van der Waals surface area contributed by atoms with Crippen molar-refractivity contribution in [1.82, 2.24) is 15.5 Å². The van der Waals surface area contributed by atoms with Crippen LogP contribution in [-0.4, -0.2) is 43.2 Å². The third kappa shape index (κ3) is 6.81. The molecular weight excluding hydrogens is 238 g/mol. The average Bonchev–Trinajstić information content (AvgIpc) is 2.41. The molecule has 1 saturated heterocycles. The standard InChI is InChI=1S/C15H31N3O/c1-4-8-16-15(19)17-12-14(11-13(2)3)18-9-6-5-7-10-18/h13-14H,4-12H2,1-3H3,(H2,16,17,19). The van der Waals surface area contributed by atoms with Crippen molar-refractivity contribution < 1.29 is 4.79 Å². The molecule has 1 unspecified atom stereocenters. The lowest BCUT2D eigenvalue weighted by Gasteiger charge is -2.35. The van der Waals surface area contributed by atoms with Gasteiger partial charge in [-0.1, -0.05) is 27.2 Å². The first-order valence-electron chi connectivity index (χ1n) is 7.89. The number of amides is 2. The van der Waals surface area contributed by atoms with Crippen molar-refractivity contribution in [2.75, 3.05) is 26.2 Å². The predicted octanol–water partition coefficient (Wildman–Crippen LogP) is 2.60. The number of urea groups is 1. The molecule has 1 fully saturated rings. The fraction of sp³-hybridized carbons (Fsp3) is 0.933. The molecule has 1 aliphatic rings. The summed E-state index contributed by atoms with van der Waals surface area (Å²) in [5, 5.41) is 5.90. The minimum Gasteiger partial charge on any atom is -0.338 e. The molecule has 0 aromatic carbocycles. The van der Waals surface area contributed by atoms with Crippen molar-refractivity contribution >= 4 is 6.03 Å². The SMILES string of the molecule is CCCNC(=O)NCC(CC(C)C)N1CCCCC1. The molecule has 0 bridgehead atoms. The molecule has 19 heavy (non-hydrogen) atoms. The van der Waals surface area contributed by atoms with Gasteiger partial charge in [0.05, 0.1) is 0 Å². The number of nitrogens with one attached hydrogen (secondary N) is 2. The van der Waals surface area contributed by atoms with Crippen molar-refractivity contribution in [2.45, 2.75) is 58.9 Å². The molecule has 4 nitrogen and oxygen atoms in total. The molecule has 1 aliphatic heterocycles. The van der Waals surface area contributed by atoms with Gasteiger partial charge in [0.1, 0.15) is 0 Å². The summed E-state index contributed by atoms with van der Waals surface area (Å²) in [6.07, 6.45) is 6.10. The highest BCUT2D eigenvalue weighted by molar-refractivity contribution is 5.73. The van der Waals surface area contributed by atoms with Crippen molar-refractivity contribution in [2.24, 2.45) is 5.92 Å². The van der Waals surface area contributed by atoms with Crippen LogP contribution in [0, 0.1) is 5.92 Å². The molecule has 0 spiro atoms. The molecule has 112 valence electrons. The third-order valence-corrected chi connectivity index (χ3v) is 3.68. The highest BCUT2D eigenvalue weighted by atomic mass is 16.2. The lowest BCUT2D eigenvalue weighted by atomic mass is 9.99. The van der Waals surface area contributed by atoms with Crippen LogP contribution in [0.2, 0.25) is 0 Å². The number of likely N-dealkylation sites (tertiary alicyclic amines) is 1. The van der Waals surface area contributed by atoms with Crippen LogP contribution in [0.15, 0.2) is 0 Å². The first kappa shape index (κ1) is 16.3. The topological polar surface area (TPSA) is 44.4 Å². The van der Waals surface area contributed by atoms with E-state index >= 15 is 0 Å². The van der Waals surface area contributed by atoms with Crippen LogP contribution in [0.3, 0.4) is 0 Å². The molecule has 0 aliphatic carbocycles. The van der Waals surface area contributed by atoms with E-state index in [4.69, 9.17) is 0 Å². The number of hydrogen-bond donors (Lipinski definition) is 2. The number of piperidine rings is 1. The second-order valence-electron chi connectivity index (χ2n) is 6.02. The fourth-order valence-electron chi connectivity index (χ4n) is 2.70. The van der Waals surface area contributed by atoms with Crippen molar-refractivity contribution in [3.05, 3.63) is 0 Å². The highest BCUT2D eigenvalue weighted by Gasteiger charge is 2.21. The van der Waals surface area contributed by atoms with Crippen molar-refractivity contribution in [1.29, 1.82) is 0 Å². The molecule has 0 radical (unpaired) electrons. The Morgan fingerprint density at radius 3 is 2.42 bits per heavy atom. The summed E-state index contributed by atoms with van der Waals surface area (Å²) in [5.41, 5.74) is 0. The van der Waals surface area contributed by atoms with Crippen LogP contribution in [-0.2, 0) is 0 Å². The Balaban J connectivity index is 2.37. The first-order chi connectivity index (χ1) is 9.13. The van der Waals surface area contributed by atoms with Gasteiger partial charge in [-0.3, -0.25) is 4.90 Å². The summed E-state index contributed by atoms with van der Waals surface area (Å²) in [5.74, 6) is 0.674. The maximum atomic E-state index is 11.6. The third-order valence-electron chi connectivity index (χ3n) is 3.68. The lowest BCUT2D eigenvalue weighted by Crippen LogP contribution is -2.48. The van der Waals surface area contributed by atoms with Gasteiger partial charge in [-0.05, 0) is 44.7 Å². The van der Waals surface area contributed by atoms with Gasteiger partial charge >= 0.3 is 6.03 Å². The molecule has 1 rings (SSSR count). The van der Waals surface area contributed by atoms with E-state index in [1.807, 2.05) is 0 Å². The second-order valence-corrected chi connectivity index (χ2v) is 6.02. The fourth-order valence-corrected chi connectivity index (χ4v) is 2.70. The van der Waals surface area contributed by atoms with Gasteiger partial charge in [0.15, 0.2) is 0 Å². The average molecular weight is 269 g/mol. The number of carbonyl (C=O) groups is 1. The Morgan fingerprint density at radius 1 is 1.16 bits per heavy atom. The van der Waals surface area contributed by atoms with E-state index in [2.05, 4.69) is 36.3 Å². The van der Waals surface area contributed by atoms with Crippen LogP contribution in [0.4, 0.5) is 4.79 Å². The van der Waals surface area contributed by atoms with Gasteiger partial charge in [0.2, 0.25) is 0 Å². The highest BCUT2D eigenvalue weighted by Crippen LogP contribution is 2.17. The van der Waals surface area contributed by atoms with Crippen LogP contribution < -0.4 is 10.6 Å². The first-order valence-corrected chi connectivity index (χ1v) is 7.89. The second kappa shape index (κ2) is 9.18. The van der Waals surface area contributed by atoms with Crippen LogP contribution in [0.1, 0.15) is 52.9 Å². The molecule has 1 atom stereocenters. The Hall–Kier alpha value is -0.770. The minimum absolute atomic E-state index is 0.0207. The monoisotopic (exact) mass is 269 g/mol. The lowest BCUT2D eigenvalue weighted by molar-refractivity contribution is 0.142. The zero-order valence-electron chi connectivity index (χ0n) is 12.9. The van der Waals surface area contributed by atoms with E-state index in [0.29, 0.717) is 12.0 Å². The van der Waals surface area contributed by atoms with Gasteiger partial charge in [-0.2, -0.15) is 0 Å². The summed E-state index contributed by atoms with van der Waals surface area (Å²) >= 11 is 0. The quantitative estimate of drug-likeness (QED) is 0.746. The molecule has 0 aromatic heterocycles. The van der Waals surface area contributed by atoms with E-state index in [1.54, 1.807) is 0 Å². The molecule has 4 heteroatoms. The number of nitrogens with zero attached hydrogens (tertiary/aromatic N) is 1. The summed E-state index contributed by atoms with van der Waals surface area (Å²) in [6, 6.07) is 0.472. The Kier molecular flexibility index (Phi) is 7.87. The zero-order chi connectivity index (χ0) is 14.1. The summed E-state index contributed by atoms with van der Waals surface area (Å²) in [4.78, 5) is 14.2. The molecule has 2 N–H and O–H groups in total. The number of rotatable bonds is 7. The van der Waals surface area contributed by atoms with Crippen molar-refractivity contribution in [3.8, 4) is 0 Å². The maximum Gasteiger partial charge on any atom is 0.314 e. The zero-order valence-corrected chi connectivity index (χ0v) is 12.9. The van der Waals surface area contributed by atoms with Crippen LogP contribution in [0.5, 0.6) is 0 Å². The number of hydrogen-bond acceptors (Lipinski definition) is 2. The minimum atomic E-state index is -0.0207. The van der Waals surface area contributed by atoms with E-state index in [1.165, 1.54) is 32.4 Å². The maximum absolute atomic E-state index is 11.6. The Labute approximate surface area is 118 Å². The van der Waals surface area contributed by atoms with Gasteiger partial charge in [-0.15, -0.1) is 0 Å². The summed E-state index contributed by atoms with van der Waals surface area (Å²) in [6.45, 7) is 10.5.